The van der Waals surface area contributed by atoms with Gasteiger partial charge in [-0.3, -0.25) is 0 Å². The van der Waals surface area contributed by atoms with Crippen molar-refractivity contribution in [3.63, 3.8) is 0 Å². The maximum Gasteiger partial charge on any atom is 0.155 e. The molecule has 0 radical (unpaired) electrons. The molecule has 0 saturated heterocycles. The van der Waals surface area contributed by atoms with Crippen molar-refractivity contribution in [3.05, 3.63) is 23.5 Å². The van der Waals surface area contributed by atoms with Crippen molar-refractivity contribution in [3.8, 4) is 18.1 Å². The van der Waals surface area contributed by atoms with Gasteiger partial charge in [-0.2, -0.15) is 0 Å². The number of ether oxygens (including phenoxy) is 1. The summed E-state index contributed by atoms with van der Waals surface area (Å²) in [6.07, 6.45) is 6.00. The first-order valence-electron chi connectivity index (χ1n) is 4.02. The molecule has 0 aliphatic heterocycles. The molecule has 0 aromatic carbocycles. The summed E-state index contributed by atoms with van der Waals surface area (Å²) in [6.45, 7) is 0.573. The predicted molar refractivity (Wildman–Crippen MR) is 51.5 cm³/mol. The maximum absolute atomic E-state index is 5.40. The molecule has 2 N–H and O–H groups in total. The van der Waals surface area contributed by atoms with Crippen LogP contribution in [0.3, 0.4) is 0 Å². The van der Waals surface area contributed by atoms with Crippen molar-refractivity contribution in [2.24, 2.45) is 5.73 Å². The van der Waals surface area contributed by atoms with E-state index < -0.39 is 0 Å². The molecular weight excluding hydrogens is 164 g/mol. The van der Waals surface area contributed by atoms with E-state index in [9.17, 15) is 0 Å². The normalized spacial score (nSPS) is 9.31. The monoisotopic (exact) mass is 176 g/mol. The Morgan fingerprint density at radius 3 is 2.92 bits per heavy atom. The van der Waals surface area contributed by atoms with Crippen LogP contribution in [0.1, 0.15) is 11.4 Å². The van der Waals surface area contributed by atoms with E-state index in [0.717, 1.165) is 12.1 Å². The molecular formula is C10H12N2O. The highest BCUT2D eigenvalue weighted by Crippen LogP contribution is 2.15. The van der Waals surface area contributed by atoms with Gasteiger partial charge >= 0.3 is 0 Å². The highest BCUT2D eigenvalue weighted by molar-refractivity contribution is 5.40. The number of nitrogens with two attached hydrogens (primary N) is 1. The smallest absolute Gasteiger partial charge is 0.155 e. The molecule has 68 valence electrons. The Morgan fingerprint density at radius 2 is 2.38 bits per heavy atom. The van der Waals surface area contributed by atoms with Crippen LogP contribution in [0, 0.1) is 12.3 Å². The van der Waals surface area contributed by atoms with Gasteiger partial charge in [-0.25, -0.2) is 4.98 Å². The molecule has 0 amide bonds. The highest BCUT2D eigenvalue weighted by Gasteiger charge is 2.02. The number of rotatable bonds is 3. The lowest BCUT2D eigenvalue weighted by atomic mass is 10.2. The fraction of sp³-hybridized carbons (Fsp3) is 0.300. The van der Waals surface area contributed by atoms with Crippen LogP contribution in [-0.2, 0) is 6.42 Å². The van der Waals surface area contributed by atoms with Gasteiger partial charge in [0, 0.05) is 12.1 Å². The summed E-state index contributed by atoms with van der Waals surface area (Å²) in [5, 5.41) is 0. The van der Waals surface area contributed by atoms with E-state index in [2.05, 4.69) is 10.9 Å². The summed E-state index contributed by atoms with van der Waals surface area (Å²) in [5.74, 6) is 3.10. The lowest BCUT2D eigenvalue weighted by Crippen LogP contribution is -2.05. The van der Waals surface area contributed by atoms with E-state index in [1.807, 2.05) is 12.1 Å². The van der Waals surface area contributed by atoms with Gasteiger partial charge in [0.15, 0.2) is 11.4 Å². The third-order valence-electron chi connectivity index (χ3n) is 1.67. The second kappa shape index (κ2) is 4.48. The van der Waals surface area contributed by atoms with Crippen LogP contribution in [0.5, 0.6) is 5.75 Å². The van der Waals surface area contributed by atoms with Gasteiger partial charge in [0.2, 0.25) is 0 Å². The zero-order valence-electron chi connectivity index (χ0n) is 7.58. The molecule has 3 nitrogen and oxygen atoms in total. The number of pyridine rings is 1. The standard InChI is InChI=1S/C10H12N2O/c1-3-9-10(13-2)5-4-8(12-9)6-7-11/h1,4-5H,6-7,11H2,2H3. The van der Waals surface area contributed by atoms with Crippen molar-refractivity contribution in [2.75, 3.05) is 13.7 Å². The SMILES string of the molecule is C#Cc1nc(CCN)ccc1OC. The molecule has 0 fully saturated rings. The summed E-state index contributed by atoms with van der Waals surface area (Å²) in [5.41, 5.74) is 6.83. The van der Waals surface area contributed by atoms with Gasteiger partial charge < -0.3 is 10.5 Å². The molecule has 3 heteroatoms. The zero-order chi connectivity index (χ0) is 9.68. The van der Waals surface area contributed by atoms with E-state index in [1.54, 1.807) is 7.11 Å². The van der Waals surface area contributed by atoms with Crippen molar-refractivity contribution in [2.45, 2.75) is 6.42 Å². The second-order valence-corrected chi connectivity index (χ2v) is 2.54. The van der Waals surface area contributed by atoms with Gasteiger partial charge in [0.05, 0.1) is 7.11 Å². The Morgan fingerprint density at radius 1 is 1.62 bits per heavy atom. The van der Waals surface area contributed by atoms with Crippen molar-refractivity contribution >= 4 is 0 Å². The number of methoxy groups -OCH3 is 1. The molecule has 0 spiro atoms. The van der Waals surface area contributed by atoms with Crippen LogP contribution in [0.2, 0.25) is 0 Å². The number of nitrogens with zero attached hydrogens (tertiary/aromatic N) is 1. The van der Waals surface area contributed by atoms with Gasteiger partial charge in [0.25, 0.3) is 0 Å². The molecule has 1 heterocycles. The molecule has 1 aromatic heterocycles. The van der Waals surface area contributed by atoms with Crippen LogP contribution < -0.4 is 10.5 Å². The molecule has 0 aliphatic rings. The van der Waals surface area contributed by atoms with E-state index in [-0.39, 0.29) is 0 Å². The Bertz CT molecular complexity index is 328. The molecule has 13 heavy (non-hydrogen) atoms. The van der Waals surface area contributed by atoms with E-state index in [0.29, 0.717) is 18.0 Å². The average molecular weight is 176 g/mol. The Hall–Kier alpha value is -1.53. The fourth-order valence-electron chi connectivity index (χ4n) is 1.04. The number of hydrogen-bond acceptors (Lipinski definition) is 3. The number of terminal acetylenes is 1. The zero-order valence-corrected chi connectivity index (χ0v) is 7.58. The van der Waals surface area contributed by atoms with Crippen LogP contribution in [-0.4, -0.2) is 18.6 Å². The lowest BCUT2D eigenvalue weighted by molar-refractivity contribution is 0.411. The lowest BCUT2D eigenvalue weighted by Gasteiger charge is -2.04. The minimum atomic E-state index is 0.536. The first-order chi connectivity index (χ1) is 6.31. The average Bonchev–Trinajstić information content (AvgIpc) is 2.18. The third kappa shape index (κ3) is 2.20. The first-order valence-corrected chi connectivity index (χ1v) is 4.02. The number of aromatic nitrogens is 1. The summed E-state index contributed by atoms with van der Waals surface area (Å²) in [6, 6.07) is 3.68. The first kappa shape index (κ1) is 9.56. The highest BCUT2D eigenvalue weighted by atomic mass is 16.5. The summed E-state index contributed by atoms with van der Waals surface area (Å²) in [4.78, 5) is 4.21. The largest absolute Gasteiger partial charge is 0.494 e. The van der Waals surface area contributed by atoms with Gasteiger partial charge in [-0.15, -0.1) is 6.42 Å². The van der Waals surface area contributed by atoms with Crippen molar-refractivity contribution in [1.29, 1.82) is 0 Å². The second-order valence-electron chi connectivity index (χ2n) is 2.54. The van der Waals surface area contributed by atoms with Crippen molar-refractivity contribution in [1.82, 2.24) is 4.98 Å². The van der Waals surface area contributed by atoms with E-state index >= 15 is 0 Å². The Balaban J connectivity index is 3.00. The van der Waals surface area contributed by atoms with Gasteiger partial charge in [-0.05, 0) is 24.6 Å². The van der Waals surface area contributed by atoms with E-state index in [1.165, 1.54) is 0 Å². The summed E-state index contributed by atoms with van der Waals surface area (Å²) < 4.78 is 5.03. The van der Waals surface area contributed by atoms with Crippen LogP contribution in [0.4, 0.5) is 0 Å². The van der Waals surface area contributed by atoms with Crippen LogP contribution in [0.15, 0.2) is 12.1 Å². The Labute approximate surface area is 77.9 Å². The minimum absolute atomic E-state index is 0.536. The van der Waals surface area contributed by atoms with E-state index in [4.69, 9.17) is 16.9 Å². The molecule has 0 atom stereocenters. The fourth-order valence-corrected chi connectivity index (χ4v) is 1.04. The summed E-state index contributed by atoms with van der Waals surface area (Å²) in [7, 11) is 1.57. The predicted octanol–water partition coefficient (Wildman–Crippen LogP) is 0.573. The molecule has 0 unspecified atom stereocenters. The molecule has 0 bridgehead atoms. The van der Waals surface area contributed by atoms with Crippen LogP contribution >= 0.6 is 0 Å². The Kier molecular flexibility index (Phi) is 3.30. The number of hydrogen-bond donors (Lipinski definition) is 1. The van der Waals surface area contributed by atoms with Gasteiger partial charge in [0.1, 0.15) is 0 Å². The minimum Gasteiger partial charge on any atom is -0.494 e. The molecule has 0 aliphatic carbocycles. The topological polar surface area (TPSA) is 48.1 Å². The molecule has 1 aromatic rings. The van der Waals surface area contributed by atoms with Crippen molar-refractivity contribution < 1.29 is 4.74 Å². The van der Waals surface area contributed by atoms with Gasteiger partial charge in [-0.1, -0.05) is 0 Å². The van der Waals surface area contributed by atoms with Crippen LogP contribution in [0.25, 0.3) is 0 Å². The quantitative estimate of drug-likeness (QED) is 0.685. The molecule has 0 saturated carbocycles. The maximum atomic E-state index is 5.40. The summed E-state index contributed by atoms with van der Waals surface area (Å²) >= 11 is 0. The molecule has 1 rings (SSSR count). The third-order valence-corrected chi connectivity index (χ3v) is 1.67.